The third-order valence-corrected chi connectivity index (χ3v) is 3.44. The molecule has 0 fully saturated rings. The van der Waals surface area contributed by atoms with Crippen LogP contribution in [0.2, 0.25) is 0 Å². The van der Waals surface area contributed by atoms with Crippen LogP contribution in [-0.2, 0) is 6.42 Å². The molecule has 0 aliphatic rings. The quantitative estimate of drug-likeness (QED) is 0.792. The summed E-state index contributed by atoms with van der Waals surface area (Å²) in [4.78, 5) is 4.50. The molecule has 0 unspecified atom stereocenters. The van der Waals surface area contributed by atoms with Crippen molar-refractivity contribution in [3.63, 3.8) is 0 Å². The maximum absolute atomic E-state index is 5.57. The number of hydrogen-bond donors (Lipinski definition) is 1. The van der Waals surface area contributed by atoms with Gasteiger partial charge in [0.05, 0.1) is 17.6 Å². The third-order valence-electron chi connectivity index (χ3n) is 3.44. The van der Waals surface area contributed by atoms with E-state index in [-0.39, 0.29) is 0 Å². The van der Waals surface area contributed by atoms with Crippen LogP contribution in [0.25, 0.3) is 16.9 Å². The minimum Gasteiger partial charge on any atom is -0.330 e. The van der Waals surface area contributed by atoms with E-state index in [1.807, 2.05) is 22.8 Å². The van der Waals surface area contributed by atoms with Gasteiger partial charge < -0.3 is 5.73 Å². The van der Waals surface area contributed by atoms with E-state index in [1.54, 1.807) is 0 Å². The van der Waals surface area contributed by atoms with Gasteiger partial charge in [0.2, 0.25) is 0 Å². The van der Waals surface area contributed by atoms with E-state index in [1.165, 1.54) is 16.7 Å². The van der Waals surface area contributed by atoms with E-state index >= 15 is 0 Å². The van der Waals surface area contributed by atoms with E-state index in [2.05, 4.69) is 42.1 Å². The Balaban J connectivity index is 2.10. The SMILES string of the molecule is Cc1ccc(C)c(-c2ccc3nc(CCN)cn3n2)c1. The lowest BCUT2D eigenvalue weighted by Crippen LogP contribution is -2.02. The first-order chi connectivity index (χ1) is 9.67. The summed E-state index contributed by atoms with van der Waals surface area (Å²) < 4.78 is 1.84. The van der Waals surface area contributed by atoms with Crippen LogP contribution in [0.15, 0.2) is 36.5 Å². The molecule has 0 spiro atoms. The minimum atomic E-state index is 0.605. The monoisotopic (exact) mass is 266 g/mol. The molecule has 0 bridgehead atoms. The number of aromatic nitrogens is 3. The Kier molecular flexibility index (Phi) is 3.24. The number of nitrogens with zero attached hydrogens (tertiary/aromatic N) is 3. The molecule has 3 rings (SSSR count). The van der Waals surface area contributed by atoms with Crippen molar-refractivity contribution in [2.45, 2.75) is 20.3 Å². The molecule has 4 heteroatoms. The molecule has 2 aromatic heterocycles. The summed E-state index contributed by atoms with van der Waals surface area (Å²) in [6, 6.07) is 10.4. The maximum atomic E-state index is 5.57. The van der Waals surface area contributed by atoms with Crippen molar-refractivity contribution in [2.75, 3.05) is 6.54 Å². The molecule has 20 heavy (non-hydrogen) atoms. The van der Waals surface area contributed by atoms with Crippen LogP contribution in [0, 0.1) is 13.8 Å². The van der Waals surface area contributed by atoms with Crippen molar-refractivity contribution >= 4 is 5.65 Å². The van der Waals surface area contributed by atoms with Gasteiger partial charge in [-0.2, -0.15) is 5.10 Å². The second-order valence-electron chi connectivity index (χ2n) is 5.11. The summed E-state index contributed by atoms with van der Waals surface area (Å²) in [7, 11) is 0. The summed E-state index contributed by atoms with van der Waals surface area (Å²) >= 11 is 0. The minimum absolute atomic E-state index is 0.605. The van der Waals surface area contributed by atoms with E-state index in [0.29, 0.717) is 6.54 Å². The van der Waals surface area contributed by atoms with Crippen molar-refractivity contribution in [1.29, 1.82) is 0 Å². The predicted molar refractivity (Wildman–Crippen MR) is 80.7 cm³/mol. The first-order valence-electron chi connectivity index (χ1n) is 6.80. The van der Waals surface area contributed by atoms with Crippen LogP contribution >= 0.6 is 0 Å². The van der Waals surface area contributed by atoms with Crippen molar-refractivity contribution < 1.29 is 0 Å². The number of aryl methyl sites for hydroxylation is 2. The molecule has 102 valence electrons. The van der Waals surface area contributed by atoms with E-state index < -0.39 is 0 Å². The van der Waals surface area contributed by atoms with Crippen LogP contribution < -0.4 is 5.73 Å². The average Bonchev–Trinajstić information content (AvgIpc) is 2.83. The zero-order chi connectivity index (χ0) is 14.1. The normalized spacial score (nSPS) is 11.2. The molecule has 3 aromatic rings. The molecule has 1 aromatic carbocycles. The maximum Gasteiger partial charge on any atom is 0.153 e. The molecule has 0 amide bonds. The second kappa shape index (κ2) is 5.06. The molecule has 4 nitrogen and oxygen atoms in total. The number of hydrogen-bond acceptors (Lipinski definition) is 3. The third kappa shape index (κ3) is 2.30. The van der Waals surface area contributed by atoms with Gasteiger partial charge in [0, 0.05) is 12.0 Å². The highest BCUT2D eigenvalue weighted by molar-refractivity contribution is 5.65. The fraction of sp³-hybridized carbons (Fsp3) is 0.250. The van der Waals surface area contributed by atoms with Crippen LogP contribution in [0.1, 0.15) is 16.8 Å². The first-order valence-corrected chi connectivity index (χ1v) is 6.80. The molecule has 0 aliphatic carbocycles. The van der Waals surface area contributed by atoms with Crippen molar-refractivity contribution in [3.05, 3.63) is 53.3 Å². The summed E-state index contributed by atoms with van der Waals surface area (Å²) in [6.45, 7) is 4.81. The van der Waals surface area contributed by atoms with E-state index in [9.17, 15) is 0 Å². The Labute approximate surface area is 118 Å². The van der Waals surface area contributed by atoms with Crippen molar-refractivity contribution in [2.24, 2.45) is 5.73 Å². The van der Waals surface area contributed by atoms with Crippen molar-refractivity contribution in [1.82, 2.24) is 14.6 Å². The number of nitrogens with two attached hydrogens (primary N) is 1. The lowest BCUT2D eigenvalue weighted by atomic mass is 10.0. The van der Waals surface area contributed by atoms with E-state index in [4.69, 9.17) is 5.73 Å². The summed E-state index contributed by atoms with van der Waals surface area (Å²) in [5.41, 5.74) is 12.0. The largest absolute Gasteiger partial charge is 0.330 e. The van der Waals surface area contributed by atoms with Crippen molar-refractivity contribution in [3.8, 4) is 11.3 Å². The van der Waals surface area contributed by atoms with Gasteiger partial charge in [-0.3, -0.25) is 0 Å². The summed E-state index contributed by atoms with van der Waals surface area (Å²) in [6.07, 6.45) is 2.74. The Hall–Kier alpha value is -2.20. The molecule has 2 heterocycles. The smallest absolute Gasteiger partial charge is 0.153 e. The van der Waals surface area contributed by atoms with Gasteiger partial charge >= 0.3 is 0 Å². The highest BCUT2D eigenvalue weighted by Crippen LogP contribution is 2.23. The number of imidazole rings is 1. The predicted octanol–water partition coefficient (Wildman–Crippen LogP) is 2.51. The van der Waals surface area contributed by atoms with Gasteiger partial charge in [0.1, 0.15) is 0 Å². The number of rotatable bonds is 3. The Morgan fingerprint density at radius 1 is 1.15 bits per heavy atom. The fourth-order valence-corrected chi connectivity index (χ4v) is 2.35. The van der Waals surface area contributed by atoms with Crippen LogP contribution in [0.4, 0.5) is 0 Å². The van der Waals surface area contributed by atoms with Crippen LogP contribution in [0.3, 0.4) is 0 Å². The van der Waals surface area contributed by atoms with Gasteiger partial charge in [-0.1, -0.05) is 17.7 Å². The van der Waals surface area contributed by atoms with Gasteiger partial charge in [-0.15, -0.1) is 0 Å². The summed E-state index contributed by atoms with van der Waals surface area (Å²) in [5, 5.41) is 4.66. The molecule has 0 saturated carbocycles. The van der Waals surface area contributed by atoms with E-state index in [0.717, 1.165) is 23.5 Å². The van der Waals surface area contributed by atoms with Gasteiger partial charge in [0.15, 0.2) is 5.65 Å². The van der Waals surface area contributed by atoms with Crippen LogP contribution in [-0.4, -0.2) is 21.1 Å². The zero-order valence-corrected chi connectivity index (χ0v) is 11.8. The number of benzene rings is 1. The Morgan fingerprint density at radius 2 is 2.00 bits per heavy atom. The zero-order valence-electron chi connectivity index (χ0n) is 11.8. The highest BCUT2D eigenvalue weighted by Gasteiger charge is 2.07. The molecule has 0 saturated heterocycles. The lowest BCUT2D eigenvalue weighted by molar-refractivity contribution is 0.917. The van der Waals surface area contributed by atoms with Gasteiger partial charge in [-0.05, 0) is 44.2 Å². The molecule has 0 aliphatic heterocycles. The molecule has 0 atom stereocenters. The van der Waals surface area contributed by atoms with Crippen LogP contribution in [0.5, 0.6) is 0 Å². The van der Waals surface area contributed by atoms with Gasteiger partial charge in [0.25, 0.3) is 0 Å². The first kappa shape index (κ1) is 12.8. The number of fused-ring (bicyclic) bond motifs is 1. The molecule has 2 N–H and O–H groups in total. The lowest BCUT2D eigenvalue weighted by Gasteiger charge is -2.06. The standard InChI is InChI=1S/C16H18N4/c1-11-3-4-12(2)14(9-11)15-5-6-16-18-13(7-8-17)10-20(16)19-15/h3-6,9-10H,7-8,17H2,1-2H3. The second-order valence-corrected chi connectivity index (χ2v) is 5.11. The van der Waals surface area contributed by atoms with Gasteiger partial charge in [-0.25, -0.2) is 9.50 Å². The fourth-order valence-electron chi connectivity index (χ4n) is 2.35. The average molecular weight is 266 g/mol. The highest BCUT2D eigenvalue weighted by atomic mass is 15.2. The molecular formula is C16H18N4. The summed E-state index contributed by atoms with van der Waals surface area (Å²) in [5.74, 6) is 0. The Morgan fingerprint density at radius 3 is 2.80 bits per heavy atom. The molecular weight excluding hydrogens is 248 g/mol. The topological polar surface area (TPSA) is 56.2 Å². The Bertz CT molecular complexity index is 758. The molecule has 0 radical (unpaired) electrons.